The molecule has 1 unspecified atom stereocenters. The third-order valence-electron chi connectivity index (χ3n) is 4.61. The second-order valence-corrected chi connectivity index (χ2v) is 6.34. The largest absolute Gasteiger partial charge is 0.336 e. The molecule has 1 aromatic carbocycles. The third kappa shape index (κ3) is 3.83. The molecule has 0 spiro atoms. The number of para-hydroxylation sites is 1. The summed E-state index contributed by atoms with van der Waals surface area (Å²) in [4.78, 5) is 31.2. The maximum atomic E-state index is 12.5. The lowest BCUT2D eigenvalue weighted by molar-refractivity contribution is -0.132. The first-order chi connectivity index (χ1) is 11.5. The molecule has 0 aliphatic carbocycles. The van der Waals surface area contributed by atoms with Crippen molar-refractivity contribution >= 4 is 16.8 Å². The van der Waals surface area contributed by atoms with Gasteiger partial charge in [0.25, 0.3) is 5.56 Å². The zero-order valence-corrected chi connectivity index (χ0v) is 15.1. The molecule has 1 heterocycles. The number of carbonyl (C=O) groups is 1. The number of carbonyl (C=O) groups excluding carboxylic acids is 1. The molecule has 5 nitrogen and oxygen atoms in total. The summed E-state index contributed by atoms with van der Waals surface area (Å²) in [7, 11) is 3.50. The molecule has 1 aromatic heterocycles. The SMILES string of the molecule is CCCCCCC(=O)N(C)C(C)c1nc2ccccc2c(=O)n1C. The standard InChI is InChI=1S/C19H27N3O2/c1-5-6-7-8-13-17(23)21(3)14(2)18-20-16-12-10-9-11-15(16)19(24)22(18)4/h9-12,14H,5-8,13H2,1-4H3. The summed E-state index contributed by atoms with van der Waals surface area (Å²) < 4.78 is 1.55. The summed E-state index contributed by atoms with van der Waals surface area (Å²) in [6, 6.07) is 7.07. The number of unbranched alkanes of at least 4 members (excludes halogenated alkanes) is 3. The molecule has 0 bridgehead atoms. The van der Waals surface area contributed by atoms with Crippen LogP contribution < -0.4 is 5.56 Å². The number of amides is 1. The van der Waals surface area contributed by atoms with Crippen LogP contribution in [-0.2, 0) is 11.8 Å². The van der Waals surface area contributed by atoms with Gasteiger partial charge >= 0.3 is 0 Å². The predicted octanol–water partition coefficient (Wildman–Crippen LogP) is 3.42. The van der Waals surface area contributed by atoms with Crippen molar-refractivity contribution in [3.8, 4) is 0 Å². The van der Waals surface area contributed by atoms with Crippen molar-refractivity contribution in [1.29, 1.82) is 0 Å². The van der Waals surface area contributed by atoms with Crippen LogP contribution in [-0.4, -0.2) is 27.4 Å². The van der Waals surface area contributed by atoms with E-state index in [0.29, 0.717) is 23.1 Å². The van der Waals surface area contributed by atoms with Crippen LogP contribution in [0, 0.1) is 0 Å². The van der Waals surface area contributed by atoms with Gasteiger partial charge in [0.1, 0.15) is 5.82 Å². The van der Waals surface area contributed by atoms with Gasteiger partial charge in [-0.2, -0.15) is 0 Å². The molecular weight excluding hydrogens is 302 g/mol. The fourth-order valence-electron chi connectivity index (χ4n) is 2.88. The molecule has 0 N–H and O–H groups in total. The van der Waals surface area contributed by atoms with Crippen LogP contribution >= 0.6 is 0 Å². The Morgan fingerprint density at radius 3 is 2.67 bits per heavy atom. The van der Waals surface area contributed by atoms with Gasteiger partial charge in [-0.15, -0.1) is 0 Å². The summed E-state index contributed by atoms with van der Waals surface area (Å²) in [6.07, 6.45) is 4.85. The van der Waals surface area contributed by atoms with Crippen molar-refractivity contribution in [2.75, 3.05) is 7.05 Å². The van der Waals surface area contributed by atoms with E-state index in [4.69, 9.17) is 0 Å². The fraction of sp³-hybridized carbons (Fsp3) is 0.526. The Morgan fingerprint density at radius 1 is 1.25 bits per heavy atom. The lowest BCUT2D eigenvalue weighted by atomic mass is 10.1. The monoisotopic (exact) mass is 329 g/mol. The number of hydrogen-bond acceptors (Lipinski definition) is 3. The summed E-state index contributed by atoms with van der Waals surface area (Å²) in [5.41, 5.74) is 0.595. The number of benzene rings is 1. The smallest absolute Gasteiger partial charge is 0.261 e. The second kappa shape index (κ2) is 8.08. The van der Waals surface area contributed by atoms with Crippen LogP contribution in [0.1, 0.15) is 57.8 Å². The third-order valence-corrected chi connectivity index (χ3v) is 4.61. The summed E-state index contributed by atoms with van der Waals surface area (Å²) in [5.74, 6) is 0.712. The van der Waals surface area contributed by atoms with Gasteiger partial charge in [0.05, 0.1) is 16.9 Å². The second-order valence-electron chi connectivity index (χ2n) is 6.34. The maximum Gasteiger partial charge on any atom is 0.261 e. The van der Waals surface area contributed by atoms with Gasteiger partial charge in [0.2, 0.25) is 5.91 Å². The molecule has 0 fully saturated rings. The highest BCUT2D eigenvalue weighted by atomic mass is 16.2. The Bertz CT molecular complexity index is 767. The van der Waals surface area contributed by atoms with Crippen LogP contribution in [0.2, 0.25) is 0 Å². The van der Waals surface area contributed by atoms with E-state index in [9.17, 15) is 9.59 Å². The Morgan fingerprint density at radius 2 is 1.96 bits per heavy atom. The van der Waals surface area contributed by atoms with Crippen LogP contribution in [0.3, 0.4) is 0 Å². The van der Waals surface area contributed by atoms with Gasteiger partial charge in [-0.25, -0.2) is 4.98 Å². The van der Waals surface area contributed by atoms with E-state index in [1.165, 1.54) is 0 Å². The molecule has 1 amide bonds. The number of rotatable bonds is 7. The Kier molecular flexibility index (Phi) is 6.12. The normalized spacial score (nSPS) is 12.3. The summed E-state index contributed by atoms with van der Waals surface area (Å²) in [5, 5.41) is 0.601. The molecule has 0 saturated heterocycles. The first-order valence-corrected chi connectivity index (χ1v) is 8.68. The van der Waals surface area contributed by atoms with E-state index in [2.05, 4.69) is 11.9 Å². The minimum absolute atomic E-state index is 0.0776. The van der Waals surface area contributed by atoms with Crippen molar-refractivity contribution in [3.63, 3.8) is 0 Å². The van der Waals surface area contributed by atoms with E-state index in [1.807, 2.05) is 25.1 Å². The molecular formula is C19H27N3O2. The average molecular weight is 329 g/mol. The first-order valence-electron chi connectivity index (χ1n) is 8.68. The van der Waals surface area contributed by atoms with Gasteiger partial charge < -0.3 is 4.90 Å². The van der Waals surface area contributed by atoms with Crippen LogP contribution in [0.15, 0.2) is 29.1 Å². The molecule has 0 radical (unpaired) electrons. The predicted molar refractivity (Wildman–Crippen MR) is 96.9 cm³/mol. The Hall–Kier alpha value is -2.17. The maximum absolute atomic E-state index is 12.5. The minimum Gasteiger partial charge on any atom is -0.336 e. The number of nitrogens with zero attached hydrogens (tertiary/aromatic N) is 3. The van der Waals surface area contributed by atoms with Crippen LogP contribution in [0.5, 0.6) is 0 Å². The van der Waals surface area contributed by atoms with Crippen molar-refractivity contribution < 1.29 is 4.79 Å². The van der Waals surface area contributed by atoms with Gasteiger partial charge in [-0.05, 0) is 25.5 Å². The highest BCUT2D eigenvalue weighted by Crippen LogP contribution is 2.19. The van der Waals surface area contributed by atoms with Crippen molar-refractivity contribution in [1.82, 2.24) is 14.5 Å². The van der Waals surface area contributed by atoms with E-state index in [1.54, 1.807) is 29.6 Å². The number of aromatic nitrogens is 2. The van der Waals surface area contributed by atoms with E-state index in [0.717, 1.165) is 25.7 Å². The molecule has 24 heavy (non-hydrogen) atoms. The Labute approximate surface area is 143 Å². The molecule has 130 valence electrons. The zero-order chi connectivity index (χ0) is 17.7. The minimum atomic E-state index is -0.244. The average Bonchev–Trinajstić information content (AvgIpc) is 2.60. The van der Waals surface area contributed by atoms with Crippen LogP contribution in [0.4, 0.5) is 0 Å². The fourth-order valence-corrected chi connectivity index (χ4v) is 2.88. The van der Waals surface area contributed by atoms with Gasteiger partial charge in [-0.1, -0.05) is 38.3 Å². The van der Waals surface area contributed by atoms with E-state index in [-0.39, 0.29) is 17.5 Å². The lowest BCUT2D eigenvalue weighted by Gasteiger charge is -2.26. The highest BCUT2D eigenvalue weighted by Gasteiger charge is 2.21. The topological polar surface area (TPSA) is 55.2 Å². The van der Waals surface area contributed by atoms with E-state index >= 15 is 0 Å². The molecule has 5 heteroatoms. The van der Waals surface area contributed by atoms with Gasteiger partial charge in [0.15, 0.2) is 0 Å². The van der Waals surface area contributed by atoms with Crippen molar-refractivity contribution in [2.24, 2.45) is 7.05 Å². The zero-order valence-electron chi connectivity index (χ0n) is 15.1. The highest BCUT2D eigenvalue weighted by molar-refractivity contribution is 5.78. The Balaban J connectivity index is 2.21. The van der Waals surface area contributed by atoms with Gasteiger partial charge in [0, 0.05) is 20.5 Å². The molecule has 2 rings (SSSR count). The van der Waals surface area contributed by atoms with E-state index < -0.39 is 0 Å². The first kappa shape index (κ1) is 18.2. The van der Waals surface area contributed by atoms with Gasteiger partial charge in [-0.3, -0.25) is 14.2 Å². The molecule has 0 aliphatic heterocycles. The molecule has 1 atom stereocenters. The van der Waals surface area contributed by atoms with Crippen LogP contribution in [0.25, 0.3) is 10.9 Å². The summed E-state index contributed by atoms with van der Waals surface area (Å²) >= 11 is 0. The lowest BCUT2D eigenvalue weighted by Crippen LogP contribution is -2.34. The van der Waals surface area contributed by atoms with Crippen molar-refractivity contribution in [3.05, 3.63) is 40.4 Å². The number of hydrogen-bond donors (Lipinski definition) is 0. The molecule has 0 aliphatic rings. The number of fused-ring (bicyclic) bond motifs is 1. The summed E-state index contributed by atoms with van der Waals surface area (Å²) in [6.45, 7) is 4.07. The van der Waals surface area contributed by atoms with Crippen molar-refractivity contribution in [2.45, 2.75) is 52.0 Å². The quantitative estimate of drug-likeness (QED) is 0.731. The molecule has 0 saturated carbocycles. The molecule has 2 aromatic rings.